The van der Waals surface area contributed by atoms with Crippen LogP contribution in [0.4, 0.5) is 0 Å². The molecule has 4 nitrogen and oxygen atoms in total. The Morgan fingerprint density at radius 1 is 1.45 bits per heavy atom. The molecule has 0 radical (unpaired) electrons. The monoisotopic (exact) mass is 298 g/mol. The number of nitrogens with zero attached hydrogens (tertiary/aromatic N) is 2. The lowest BCUT2D eigenvalue weighted by atomic mass is 9.94. The first-order valence-electron chi connectivity index (χ1n) is 7.21. The van der Waals surface area contributed by atoms with Crippen LogP contribution in [0, 0.1) is 0 Å². The van der Waals surface area contributed by atoms with Crippen molar-refractivity contribution in [2.75, 3.05) is 20.6 Å². The number of furan rings is 1. The molecule has 1 aromatic heterocycles. The Hall–Kier alpha value is -1.00. The molecular weight excluding hydrogens is 276 g/mol. The van der Waals surface area contributed by atoms with Gasteiger partial charge < -0.3 is 14.2 Å². The maximum atomic E-state index is 12.6. The zero-order valence-electron chi connectivity index (χ0n) is 12.4. The van der Waals surface area contributed by atoms with E-state index in [2.05, 4.69) is 25.9 Å². The molecule has 0 bridgehead atoms. The van der Waals surface area contributed by atoms with Gasteiger partial charge in [0.05, 0.1) is 0 Å². The van der Waals surface area contributed by atoms with E-state index in [0.717, 1.165) is 25.8 Å². The van der Waals surface area contributed by atoms with E-state index in [4.69, 9.17) is 16.0 Å². The lowest BCUT2D eigenvalue weighted by molar-refractivity contribution is 0.0420. The molecule has 0 saturated carbocycles. The minimum atomic E-state index is -0.0344. The van der Waals surface area contributed by atoms with E-state index < -0.39 is 0 Å². The molecule has 1 fully saturated rings. The molecule has 5 heteroatoms. The van der Waals surface area contributed by atoms with Crippen molar-refractivity contribution in [2.45, 2.75) is 44.7 Å². The lowest BCUT2D eigenvalue weighted by Gasteiger charge is -2.40. The molecule has 2 unspecified atom stereocenters. The zero-order valence-corrected chi connectivity index (χ0v) is 13.2. The van der Waals surface area contributed by atoms with Crippen LogP contribution in [-0.2, 0) is 0 Å². The van der Waals surface area contributed by atoms with Crippen molar-refractivity contribution < 1.29 is 9.21 Å². The van der Waals surface area contributed by atoms with Gasteiger partial charge in [0.15, 0.2) is 11.0 Å². The predicted molar refractivity (Wildman–Crippen MR) is 80.2 cm³/mol. The van der Waals surface area contributed by atoms with Gasteiger partial charge in [-0.15, -0.1) is 0 Å². The Morgan fingerprint density at radius 2 is 2.20 bits per heavy atom. The van der Waals surface area contributed by atoms with E-state index in [1.807, 2.05) is 4.90 Å². The average Bonchev–Trinajstić information content (AvgIpc) is 2.82. The average molecular weight is 299 g/mol. The van der Waals surface area contributed by atoms with Crippen LogP contribution < -0.4 is 0 Å². The highest BCUT2D eigenvalue weighted by Gasteiger charge is 2.33. The number of carbonyl (C=O) groups excluding carboxylic acids is 1. The summed E-state index contributed by atoms with van der Waals surface area (Å²) in [6.07, 6.45) is 4.30. The van der Waals surface area contributed by atoms with E-state index in [1.165, 1.54) is 6.42 Å². The van der Waals surface area contributed by atoms with E-state index in [-0.39, 0.29) is 23.2 Å². The second kappa shape index (κ2) is 6.64. The molecule has 0 N–H and O–H groups in total. The number of hydrogen-bond donors (Lipinski definition) is 0. The number of rotatable bonds is 4. The van der Waals surface area contributed by atoms with Gasteiger partial charge in [-0.05, 0) is 77.0 Å². The van der Waals surface area contributed by atoms with Gasteiger partial charge in [0.1, 0.15) is 0 Å². The topological polar surface area (TPSA) is 36.7 Å². The van der Waals surface area contributed by atoms with Crippen LogP contribution in [0.25, 0.3) is 0 Å². The largest absolute Gasteiger partial charge is 0.440 e. The van der Waals surface area contributed by atoms with E-state index in [1.54, 1.807) is 12.1 Å². The molecule has 112 valence electrons. The minimum Gasteiger partial charge on any atom is -0.440 e. The first kappa shape index (κ1) is 15.4. The zero-order chi connectivity index (χ0) is 14.7. The Kier molecular flexibility index (Phi) is 5.11. The Morgan fingerprint density at radius 3 is 2.80 bits per heavy atom. The molecule has 1 aliphatic rings. The van der Waals surface area contributed by atoms with Crippen molar-refractivity contribution >= 4 is 17.5 Å². The van der Waals surface area contributed by atoms with Crippen molar-refractivity contribution in [3.05, 3.63) is 23.1 Å². The molecule has 1 saturated heterocycles. The first-order valence-corrected chi connectivity index (χ1v) is 7.59. The normalized spacial score (nSPS) is 23.4. The quantitative estimate of drug-likeness (QED) is 0.856. The van der Waals surface area contributed by atoms with Gasteiger partial charge in [-0.25, -0.2) is 0 Å². The summed E-state index contributed by atoms with van der Waals surface area (Å²) in [5.41, 5.74) is 0. The molecule has 2 atom stereocenters. The molecule has 2 heterocycles. The summed E-state index contributed by atoms with van der Waals surface area (Å²) in [4.78, 5) is 16.8. The third kappa shape index (κ3) is 3.55. The van der Waals surface area contributed by atoms with Crippen molar-refractivity contribution in [3.63, 3.8) is 0 Å². The second-order valence-corrected chi connectivity index (χ2v) is 6.21. The standard InChI is InChI=1S/C15H23ClN2O2/c1-11-5-4-6-12(9-10-17(2)3)18(11)15(19)13-7-8-14(16)20-13/h7-8,11-12H,4-6,9-10H2,1-3H3. The molecule has 0 aromatic carbocycles. The van der Waals surface area contributed by atoms with Crippen LogP contribution in [0.15, 0.2) is 16.5 Å². The molecule has 20 heavy (non-hydrogen) atoms. The Labute approximate surface area is 125 Å². The van der Waals surface area contributed by atoms with Gasteiger partial charge in [0.2, 0.25) is 0 Å². The van der Waals surface area contributed by atoms with E-state index in [9.17, 15) is 4.79 Å². The Balaban J connectivity index is 2.12. The summed E-state index contributed by atoms with van der Waals surface area (Å²) in [5, 5.41) is 0.267. The van der Waals surface area contributed by atoms with Gasteiger partial charge in [-0.2, -0.15) is 0 Å². The summed E-state index contributed by atoms with van der Waals surface area (Å²) >= 11 is 5.77. The Bertz CT molecular complexity index is 458. The fourth-order valence-electron chi connectivity index (χ4n) is 2.90. The van der Waals surface area contributed by atoms with Gasteiger partial charge in [0, 0.05) is 12.1 Å². The molecular formula is C15H23ClN2O2. The van der Waals surface area contributed by atoms with Crippen molar-refractivity contribution in [1.82, 2.24) is 9.80 Å². The SMILES string of the molecule is CC1CCCC(CCN(C)C)N1C(=O)c1ccc(Cl)o1. The highest BCUT2D eigenvalue weighted by Crippen LogP contribution is 2.28. The highest BCUT2D eigenvalue weighted by atomic mass is 35.5. The summed E-state index contributed by atoms with van der Waals surface area (Å²) in [5.74, 6) is 0.312. The molecule has 2 rings (SSSR count). The number of halogens is 1. The highest BCUT2D eigenvalue weighted by molar-refractivity contribution is 6.29. The third-order valence-corrected chi connectivity index (χ3v) is 4.16. The fraction of sp³-hybridized carbons (Fsp3) is 0.667. The smallest absolute Gasteiger partial charge is 0.290 e. The number of amides is 1. The van der Waals surface area contributed by atoms with Gasteiger partial charge in [-0.1, -0.05) is 0 Å². The molecule has 0 aliphatic carbocycles. The summed E-state index contributed by atoms with van der Waals surface area (Å²) < 4.78 is 5.28. The molecule has 1 amide bonds. The molecule has 0 spiro atoms. The van der Waals surface area contributed by atoms with Crippen LogP contribution in [0.5, 0.6) is 0 Å². The number of likely N-dealkylation sites (tertiary alicyclic amines) is 1. The molecule has 1 aliphatic heterocycles. The number of hydrogen-bond acceptors (Lipinski definition) is 3. The summed E-state index contributed by atoms with van der Waals surface area (Å²) in [6.45, 7) is 3.10. The van der Waals surface area contributed by atoms with Crippen LogP contribution in [0.3, 0.4) is 0 Å². The van der Waals surface area contributed by atoms with E-state index >= 15 is 0 Å². The van der Waals surface area contributed by atoms with Crippen LogP contribution in [0.2, 0.25) is 5.22 Å². The van der Waals surface area contributed by atoms with Gasteiger partial charge in [0.25, 0.3) is 5.91 Å². The van der Waals surface area contributed by atoms with Crippen LogP contribution in [-0.4, -0.2) is 48.4 Å². The maximum absolute atomic E-state index is 12.6. The number of piperidine rings is 1. The maximum Gasteiger partial charge on any atom is 0.290 e. The van der Waals surface area contributed by atoms with Crippen molar-refractivity contribution in [3.8, 4) is 0 Å². The summed E-state index contributed by atoms with van der Waals surface area (Å²) in [6, 6.07) is 3.83. The fourth-order valence-corrected chi connectivity index (χ4v) is 3.05. The van der Waals surface area contributed by atoms with Crippen LogP contribution in [0.1, 0.15) is 43.2 Å². The van der Waals surface area contributed by atoms with Crippen molar-refractivity contribution in [1.29, 1.82) is 0 Å². The van der Waals surface area contributed by atoms with Crippen molar-refractivity contribution in [2.24, 2.45) is 0 Å². The van der Waals surface area contributed by atoms with Crippen LogP contribution >= 0.6 is 11.6 Å². The molecule has 1 aromatic rings. The lowest BCUT2D eigenvalue weighted by Crippen LogP contribution is -2.49. The van der Waals surface area contributed by atoms with Gasteiger partial charge in [-0.3, -0.25) is 4.79 Å². The summed E-state index contributed by atoms with van der Waals surface area (Å²) in [7, 11) is 4.12. The van der Waals surface area contributed by atoms with Gasteiger partial charge >= 0.3 is 0 Å². The predicted octanol–water partition coefficient (Wildman–Crippen LogP) is 3.27. The van der Waals surface area contributed by atoms with E-state index in [0.29, 0.717) is 5.76 Å². The number of carbonyl (C=O) groups is 1. The third-order valence-electron chi connectivity index (χ3n) is 3.96. The minimum absolute atomic E-state index is 0.0344. The second-order valence-electron chi connectivity index (χ2n) is 5.84. The first-order chi connectivity index (χ1) is 9.49.